The van der Waals surface area contributed by atoms with Crippen LogP contribution in [0, 0.1) is 0 Å². The van der Waals surface area contributed by atoms with Crippen LogP contribution in [0.5, 0.6) is 5.75 Å². The lowest BCUT2D eigenvalue weighted by Gasteiger charge is -2.47. The van der Waals surface area contributed by atoms with E-state index in [1.54, 1.807) is 0 Å². The van der Waals surface area contributed by atoms with Crippen molar-refractivity contribution in [1.29, 1.82) is 0 Å². The fourth-order valence-corrected chi connectivity index (χ4v) is 7.82. The van der Waals surface area contributed by atoms with Crippen molar-refractivity contribution in [1.82, 2.24) is 25.0 Å². The molecule has 0 spiro atoms. The number of hydrogen-bond acceptors (Lipinski definition) is 6. The zero-order valence-corrected chi connectivity index (χ0v) is 31.4. The van der Waals surface area contributed by atoms with Gasteiger partial charge in [0.2, 0.25) is 5.91 Å². The highest BCUT2D eigenvalue weighted by Gasteiger charge is 2.60. The lowest BCUT2D eigenvalue weighted by atomic mass is 9.71. The Morgan fingerprint density at radius 3 is 2.18 bits per heavy atom. The van der Waals surface area contributed by atoms with E-state index in [0.717, 1.165) is 42.8 Å². The number of aliphatic imine (C=N–C) groups is 1. The van der Waals surface area contributed by atoms with Gasteiger partial charge in [-0.1, -0.05) is 68.2 Å². The SMILES string of the molecule is CCOc1cc(C(C)(C)C)ncc1C1=N[C@@](C)(c2ccc(Cl)cc2)[C@](C)(c2ccc(Cl)cc2)N1C(=O)N1CCC(N2CCNC(=O)CC2)CC1. The van der Waals surface area contributed by atoms with Gasteiger partial charge in [0.1, 0.15) is 22.7 Å². The average molecular weight is 720 g/mol. The average Bonchev–Trinajstić information content (AvgIpc) is 3.18. The summed E-state index contributed by atoms with van der Waals surface area (Å²) in [7, 11) is 0. The first-order valence-corrected chi connectivity index (χ1v) is 18.4. The maximum atomic E-state index is 15.3. The number of carbonyl (C=O) groups excluding carboxylic acids is 2. The first-order valence-electron chi connectivity index (χ1n) is 17.6. The van der Waals surface area contributed by atoms with Crippen LogP contribution < -0.4 is 10.1 Å². The van der Waals surface area contributed by atoms with Gasteiger partial charge in [-0.15, -0.1) is 0 Å². The number of benzene rings is 2. The summed E-state index contributed by atoms with van der Waals surface area (Å²) in [5.74, 6) is 1.23. The summed E-state index contributed by atoms with van der Waals surface area (Å²) < 4.78 is 6.30. The van der Waals surface area contributed by atoms with Gasteiger partial charge in [-0.25, -0.2) is 4.79 Å². The number of nitrogens with one attached hydrogen (secondary N) is 1. The van der Waals surface area contributed by atoms with Crippen LogP contribution in [0.3, 0.4) is 0 Å². The smallest absolute Gasteiger partial charge is 0.326 e. The molecule has 3 aliphatic heterocycles. The number of halogens is 2. The molecule has 6 rings (SSSR count). The molecular formula is C39H48Cl2N6O3. The van der Waals surface area contributed by atoms with Crippen molar-refractivity contribution in [3.8, 4) is 5.75 Å². The molecule has 2 aromatic carbocycles. The topological polar surface area (TPSA) is 90.4 Å². The Bertz CT molecular complexity index is 1750. The summed E-state index contributed by atoms with van der Waals surface area (Å²) in [5, 5.41) is 4.21. The predicted molar refractivity (Wildman–Crippen MR) is 199 cm³/mol. The lowest BCUT2D eigenvalue weighted by molar-refractivity contribution is -0.120. The van der Waals surface area contributed by atoms with Gasteiger partial charge >= 0.3 is 6.03 Å². The molecule has 1 N–H and O–H groups in total. The Kier molecular flexibility index (Phi) is 10.2. The Morgan fingerprint density at radius 2 is 1.58 bits per heavy atom. The fourth-order valence-electron chi connectivity index (χ4n) is 7.57. The van der Waals surface area contributed by atoms with Crippen molar-refractivity contribution < 1.29 is 14.3 Å². The predicted octanol–water partition coefficient (Wildman–Crippen LogP) is 7.38. The van der Waals surface area contributed by atoms with Crippen LogP contribution in [-0.4, -0.2) is 82.8 Å². The van der Waals surface area contributed by atoms with E-state index >= 15 is 4.79 Å². The molecule has 2 fully saturated rings. The van der Waals surface area contributed by atoms with Gasteiger partial charge in [0.25, 0.3) is 0 Å². The molecule has 0 unspecified atom stereocenters. The number of nitrogens with zero attached hydrogens (tertiary/aromatic N) is 5. The van der Waals surface area contributed by atoms with Crippen LogP contribution >= 0.6 is 23.2 Å². The summed E-state index contributed by atoms with van der Waals surface area (Å²) in [4.78, 5) is 43.9. The van der Waals surface area contributed by atoms with Gasteiger partial charge < -0.3 is 15.0 Å². The molecule has 0 radical (unpaired) electrons. The van der Waals surface area contributed by atoms with E-state index in [1.165, 1.54) is 0 Å². The van der Waals surface area contributed by atoms with Crippen molar-refractivity contribution in [2.24, 2.45) is 4.99 Å². The lowest BCUT2D eigenvalue weighted by Crippen LogP contribution is -2.59. The van der Waals surface area contributed by atoms with E-state index in [4.69, 9.17) is 37.9 Å². The Morgan fingerprint density at radius 1 is 0.960 bits per heavy atom. The standard InChI is InChI=1S/C39H48Cl2N6O3/c1-7-50-32-24-33(37(2,3)4)43-25-31(32)35-44-38(5,26-8-12-28(40)13-9-26)39(6,27-10-14-29(41)15-11-27)47(35)36(49)46-20-16-30(17-21-46)45-22-18-34(48)42-19-23-45/h8-15,24-25,30H,7,16-23H2,1-6H3,(H,42,48)/t38-,39-/m0/s1. The number of amides is 3. The van der Waals surface area contributed by atoms with Crippen LogP contribution in [0.4, 0.5) is 4.79 Å². The van der Waals surface area contributed by atoms with Crippen molar-refractivity contribution in [2.75, 3.05) is 39.3 Å². The van der Waals surface area contributed by atoms with Crippen LogP contribution in [0.2, 0.25) is 10.0 Å². The van der Waals surface area contributed by atoms with Gasteiger partial charge in [0.05, 0.1) is 12.2 Å². The normalized spacial score (nSPS) is 23.8. The molecule has 0 bridgehead atoms. The highest BCUT2D eigenvalue weighted by Crippen LogP contribution is 2.54. The fraction of sp³-hybridized carbons (Fsp3) is 0.487. The summed E-state index contributed by atoms with van der Waals surface area (Å²) in [6, 6.07) is 17.6. The molecule has 1 aromatic heterocycles. The third-order valence-corrected chi connectivity index (χ3v) is 11.2. The molecule has 3 aliphatic rings. The van der Waals surface area contributed by atoms with E-state index in [0.29, 0.717) is 65.9 Å². The van der Waals surface area contributed by atoms with Gasteiger partial charge in [0.15, 0.2) is 0 Å². The molecule has 0 aliphatic carbocycles. The maximum Gasteiger partial charge on any atom is 0.326 e. The third-order valence-electron chi connectivity index (χ3n) is 10.7. The second kappa shape index (κ2) is 14.2. The van der Waals surface area contributed by atoms with E-state index in [-0.39, 0.29) is 17.4 Å². The number of carbonyl (C=O) groups is 2. The summed E-state index contributed by atoms with van der Waals surface area (Å²) in [6.45, 7) is 16.3. The van der Waals surface area contributed by atoms with E-state index in [9.17, 15) is 4.79 Å². The van der Waals surface area contributed by atoms with Crippen molar-refractivity contribution in [3.63, 3.8) is 0 Å². The van der Waals surface area contributed by atoms with Gasteiger partial charge in [-0.05, 0) is 69.0 Å². The highest BCUT2D eigenvalue weighted by molar-refractivity contribution is 6.30. The zero-order chi connectivity index (χ0) is 35.8. The molecule has 3 aromatic rings. The van der Waals surface area contributed by atoms with Gasteiger partial charge in [-0.2, -0.15) is 0 Å². The second-order valence-electron chi connectivity index (χ2n) is 14.8. The Labute approximate surface area is 306 Å². The summed E-state index contributed by atoms with van der Waals surface area (Å²) >= 11 is 12.8. The van der Waals surface area contributed by atoms with Crippen LogP contribution in [0.1, 0.15) is 83.2 Å². The van der Waals surface area contributed by atoms with Crippen molar-refractivity contribution in [2.45, 2.75) is 83.3 Å². The van der Waals surface area contributed by atoms with E-state index in [1.807, 2.05) is 77.5 Å². The minimum absolute atomic E-state index is 0.0997. The number of amidine groups is 1. The molecular weight excluding hydrogens is 671 g/mol. The summed E-state index contributed by atoms with van der Waals surface area (Å²) in [5.41, 5.74) is 1.17. The zero-order valence-electron chi connectivity index (χ0n) is 29.9. The number of aromatic nitrogens is 1. The number of urea groups is 1. The molecule has 2 atom stereocenters. The quantitative estimate of drug-likeness (QED) is 0.287. The molecule has 3 amide bonds. The number of rotatable bonds is 6. The Balaban J connectivity index is 1.48. The Hall–Kier alpha value is -3.66. The van der Waals surface area contributed by atoms with Crippen LogP contribution in [0.25, 0.3) is 0 Å². The molecule has 11 heteroatoms. The van der Waals surface area contributed by atoms with Crippen molar-refractivity contribution in [3.05, 3.63) is 93.2 Å². The first kappa shape index (κ1) is 36.1. The van der Waals surface area contributed by atoms with Gasteiger partial charge in [-0.3, -0.25) is 24.6 Å². The van der Waals surface area contributed by atoms with E-state index < -0.39 is 11.1 Å². The van der Waals surface area contributed by atoms with Crippen LogP contribution in [0.15, 0.2) is 65.8 Å². The number of hydrogen-bond donors (Lipinski definition) is 1. The molecule has 2 saturated heterocycles. The number of pyridine rings is 1. The first-order chi connectivity index (χ1) is 23.8. The minimum Gasteiger partial charge on any atom is -0.493 e. The molecule has 50 heavy (non-hydrogen) atoms. The maximum absolute atomic E-state index is 15.3. The van der Waals surface area contributed by atoms with E-state index in [2.05, 4.69) is 44.8 Å². The minimum atomic E-state index is -1.00. The molecule has 4 heterocycles. The van der Waals surface area contributed by atoms with Gasteiger partial charge in [0, 0.05) is 78.6 Å². The van der Waals surface area contributed by atoms with Crippen molar-refractivity contribution >= 4 is 41.0 Å². The number of piperidine rings is 1. The monoisotopic (exact) mass is 718 g/mol. The molecule has 266 valence electrons. The largest absolute Gasteiger partial charge is 0.493 e. The molecule has 9 nitrogen and oxygen atoms in total. The second-order valence-corrected chi connectivity index (χ2v) is 15.7. The molecule has 0 saturated carbocycles. The number of likely N-dealkylation sites (tertiary alicyclic amines) is 1. The third kappa shape index (κ3) is 6.72. The summed E-state index contributed by atoms with van der Waals surface area (Å²) in [6.07, 6.45) is 3.94. The highest BCUT2D eigenvalue weighted by atomic mass is 35.5. The number of ether oxygens (including phenoxy) is 1. The van der Waals surface area contributed by atoms with Crippen LogP contribution in [-0.2, 0) is 21.3 Å².